The van der Waals surface area contributed by atoms with Gasteiger partial charge in [-0.15, -0.1) is 21.5 Å². The molecule has 0 aliphatic carbocycles. The summed E-state index contributed by atoms with van der Waals surface area (Å²) in [7, 11) is 0. The second kappa shape index (κ2) is 8.55. The number of nitrogens with one attached hydrogen (secondary N) is 1. The molecule has 0 fully saturated rings. The quantitative estimate of drug-likeness (QED) is 0.583. The van der Waals surface area contributed by atoms with E-state index in [0.29, 0.717) is 35.0 Å². The van der Waals surface area contributed by atoms with Crippen LogP contribution in [-0.4, -0.2) is 26.4 Å². The fourth-order valence-corrected chi connectivity index (χ4v) is 4.41. The van der Waals surface area contributed by atoms with Gasteiger partial charge in [0.05, 0.1) is 18.1 Å². The molecule has 0 aliphatic heterocycles. The lowest BCUT2D eigenvalue weighted by atomic mass is 10.0. The van der Waals surface area contributed by atoms with Gasteiger partial charge in [0.15, 0.2) is 16.7 Å². The van der Waals surface area contributed by atoms with Crippen LogP contribution < -0.4 is 5.32 Å². The van der Waals surface area contributed by atoms with Crippen molar-refractivity contribution in [1.29, 1.82) is 0 Å². The van der Waals surface area contributed by atoms with Gasteiger partial charge in [0, 0.05) is 11.4 Å². The number of aromatic nitrogens is 3. The van der Waals surface area contributed by atoms with E-state index in [1.807, 2.05) is 35.1 Å². The molecule has 138 valence electrons. The van der Waals surface area contributed by atoms with Crippen LogP contribution >= 0.6 is 23.1 Å². The first-order chi connectivity index (χ1) is 12.6. The first-order valence-corrected chi connectivity index (χ1v) is 10.4. The predicted octanol–water partition coefficient (Wildman–Crippen LogP) is 4.23. The molecule has 0 bridgehead atoms. The van der Waals surface area contributed by atoms with Crippen LogP contribution in [0.3, 0.4) is 0 Å². The standard InChI is InChI=1S/C18H22N4O2S2/c1-4-22-17(13-7-5-9-24-13)20-21-18(22)26-11-15(23)19-16(12(2)3)14-8-6-10-25-14/h5-10,12,16H,4,11H2,1-3H3,(H,19,23)/t16-/m1/s1. The third-order valence-electron chi connectivity index (χ3n) is 3.94. The highest BCUT2D eigenvalue weighted by atomic mass is 32.2. The Hall–Kier alpha value is -2.06. The van der Waals surface area contributed by atoms with Crippen molar-refractivity contribution in [3.8, 4) is 11.6 Å². The number of hydrogen-bond donors (Lipinski definition) is 1. The van der Waals surface area contributed by atoms with Crippen molar-refractivity contribution in [3.63, 3.8) is 0 Å². The molecule has 1 N–H and O–H groups in total. The second-order valence-electron chi connectivity index (χ2n) is 6.12. The maximum atomic E-state index is 12.5. The lowest BCUT2D eigenvalue weighted by molar-refractivity contribution is -0.119. The Balaban J connectivity index is 1.64. The van der Waals surface area contributed by atoms with Crippen LogP contribution in [0.25, 0.3) is 11.6 Å². The highest BCUT2D eigenvalue weighted by molar-refractivity contribution is 7.99. The topological polar surface area (TPSA) is 73.0 Å². The van der Waals surface area contributed by atoms with Crippen molar-refractivity contribution >= 4 is 29.0 Å². The Bertz CT molecular complexity index is 826. The van der Waals surface area contributed by atoms with E-state index in [-0.39, 0.29) is 11.9 Å². The van der Waals surface area contributed by atoms with E-state index in [1.54, 1.807) is 17.6 Å². The number of carbonyl (C=O) groups is 1. The Morgan fingerprint density at radius 3 is 2.81 bits per heavy atom. The minimum absolute atomic E-state index is 0.00713. The molecular weight excluding hydrogens is 368 g/mol. The first-order valence-electron chi connectivity index (χ1n) is 8.52. The van der Waals surface area contributed by atoms with Crippen LogP contribution in [-0.2, 0) is 11.3 Å². The van der Waals surface area contributed by atoms with Crippen molar-refractivity contribution in [2.75, 3.05) is 5.75 Å². The van der Waals surface area contributed by atoms with Crippen molar-refractivity contribution in [2.45, 2.75) is 38.5 Å². The van der Waals surface area contributed by atoms with E-state index >= 15 is 0 Å². The molecule has 0 radical (unpaired) electrons. The number of amides is 1. The van der Waals surface area contributed by atoms with E-state index in [0.717, 1.165) is 0 Å². The average Bonchev–Trinajstić information content (AvgIpc) is 3.38. The second-order valence-corrected chi connectivity index (χ2v) is 8.04. The molecule has 0 aliphatic rings. The number of hydrogen-bond acceptors (Lipinski definition) is 6. The van der Waals surface area contributed by atoms with E-state index in [2.05, 4.69) is 35.4 Å². The molecule has 3 heterocycles. The smallest absolute Gasteiger partial charge is 0.230 e. The molecule has 6 nitrogen and oxygen atoms in total. The van der Waals surface area contributed by atoms with Gasteiger partial charge in [-0.25, -0.2) is 0 Å². The van der Waals surface area contributed by atoms with Crippen LogP contribution in [0.1, 0.15) is 31.7 Å². The molecule has 0 saturated heterocycles. The number of rotatable bonds is 8. The molecule has 3 aromatic heterocycles. The first kappa shape index (κ1) is 18.7. The van der Waals surface area contributed by atoms with Crippen LogP contribution in [0.2, 0.25) is 0 Å². The molecule has 0 spiro atoms. The van der Waals surface area contributed by atoms with Crippen LogP contribution in [0.5, 0.6) is 0 Å². The van der Waals surface area contributed by atoms with Gasteiger partial charge < -0.3 is 9.73 Å². The molecule has 3 rings (SSSR count). The molecule has 1 atom stereocenters. The fraction of sp³-hybridized carbons (Fsp3) is 0.389. The summed E-state index contributed by atoms with van der Waals surface area (Å²) in [4.78, 5) is 13.6. The van der Waals surface area contributed by atoms with Crippen LogP contribution in [0.4, 0.5) is 0 Å². The zero-order valence-electron chi connectivity index (χ0n) is 15.0. The summed E-state index contributed by atoms with van der Waals surface area (Å²) >= 11 is 3.05. The van der Waals surface area contributed by atoms with Gasteiger partial charge in [-0.2, -0.15) is 0 Å². The fourth-order valence-electron chi connectivity index (χ4n) is 2.65. The molecular formula is C18H22N4O2S2. The maximum absolute atomic E-state index is 12.5. The number of nitrogens with zero attached hydrogens (tertiary/aromatic N) is 3. The van der Waals surface area contributed by atoms with Gasteiger partial charge in [-0.1, -0.05) is 31.7 Å². The third kappa shape index (κ3) is 4.19. The van der Waals surface area contributed by atoms with Gasteiger partial charge in [-0.3, -0.25) is 9.36 Å². The summed E-state index contributed by atoms with van der Waals surface area (Å²) in [5.41, 5.74) is 0. The zero-order chi connectivity index (χ0) is 18.5. The monoisotopic (exact) mass is 390 g/mol. The largest absolute Gasteiger partial charge is 0.461 e. The summed E-state index contributed by atoms with van der Waals surface area (Å²) in [5, 5.41) is 14.3. The van der Waals surface area contributed by atoms with Gasteiger partial charge in [0.2, 0.25) is 5.91 Å². The highest BCUT2D eigenvalue weighted by Crippen LogP contribution is 2.27. The summed E-state index contributed by atoms with van der Waals surface area (Å²) in [6.07, 6.45) is 1.61. The third-order valence-corrected chi connectivity index (χ3v) is 5.86. The lowest BCUT2D eigenvalue weighted by Gasteiger charge is -2.21. The minimum Gasteiger partial charge on any atom is -0.461 e. The maximum Gasteiger partial charge on any atom is 0.230 e. The summed E-state index contributed by atoms with van der Waals surface area (Å²) in [6, 6.07) is 7.78. The van der Waals surface area contributed by atoms with E-state index in [9.17, 15) is 4.79 Å². The van der Waals surface area contributed by atoms with Crippen LogP contribution in [0, 0.1) is 5.92 Å². The molecule has 26 heavy (non-hydrogen) atoms. The zero-order valence-corrected chi connectivity index (χ0v) is 16.6. The normalized spacial score (nSPS) is 12.5. The lowest BCUT2D eigenvalue weighted by Crippen LogP contribution is -2.32. The molecule has 0 aromatic carbocycles. The number of carbonyl (C=O) groups excluding carboxylic acids is 1. The number of thiophene rings is 1. The van der Waals surface area contributed by atoms with Gasteiger partial charge in [-0.05, 0) is 36.4 Å². The minimum atomic E-state index is -0.00713. The summed E-state index contributed by atoms with van der Waals surface area (Å²) < 4.78 is 7.36. The molecule has 0 unspecified atom stereocenters. The van der Waals surface area contributed by atoms with Crippen LogP contribution in [0.15, 0.2) is 45.5 Å². The van der Waals surface area contributed by atoms with E-state index in [1.165, 1.54) is 16.6 Å². The van der Waals surface area contributed by atoms with Gasteiger partial charge in [0.1, 0.15) is 0 Å². The Kier molecular flexibility index (Phi) is 6.16. The van der Waals surface area contributed by atoms with Crippen molar-refractivity contribution in [1.82, 2.24) is 20.1 Å². The molecule has 1 amide bonds. The van der Waals surface area contributed by atoms with E-state index in [4.69, 9.17) is 4.42 Å². The molecule has 3 aromatic rings. The summed E-state index contributed by atoms with van der Waals surface area (Å²) in [6.45, 7) is 6.95. The molecule has 8 heteroatoms. The Morgan fingerprint density at radius 1 is 1.35 bits per heavy atom. The van der Waals surface area contributed by atoms with Crippen molar-refractivity contribution in [3.05, 3.63) is 40.8 Å². The van der Waals surface area contributed by atoms with E-state index < -0.39 is 0 Å². The number of furan rings is 1. The summed E-state index contributed by atoms with van der Waals surface area (Å²) in [5.74, 6) is 1.97. The SMILES string of the molecule is CCn1c(SCC(=O)N[C@@H](c2cccs2)C(C)C)nnc1-c1ccco1. The Labute approximate surface area is 161 Å². The number of thioether (sulfide) groups is 1. The highest BCUT2D eigenvalue weighted by Gasteiger charge is 2.21. The molecule has 0 saturated carbocycles. The Morgan fingerprint density at radius 2 is 2.19 bits per heavy atom. The van der Waals surface area contributed by atoms with Crippen molar-refractivity contribution < 1.29 is 9.21 Å². The van der Waals surface area contributed by atoms with Crippen molar-refractivity contribution in [2.24, 2.45) is 5.92 Å². The van der Waals surface area contributed by atoms with Gasteiger partial charge >= 0.3 is 0 Å². The average molecular weight is 391 g/mol. The van der Waals surface area contributed by atoms with Gasteiger partial charge in [0.25, 0.3) is 0 Å². The predicted molar refractivity (Wildman–Crippen MR) is 104 cm³/mol.